The van der Waals surface area contributed by atoms with Crippen LogP contribution in [-0.2, 0) is 0 Å². The van der Waals surface area contributed by atoms with Crippen LogP contribution in [0.3, 0.4) is 0 Å². The molecule has 0 aliphatic carbocycles. The first kappa shape index (κ1) is 28.5. The lowest BCUT2D eigenvalue weighted by Crippen LogP contribution is -2.09. The summed E-state index contributed by atoms with van der Waals surface area (Å²) in [6.45, 7) is 0. The lowest BCUT2D eigenvalue weighted by atomic mass is 10.00. The fourth-order valence-corrected chi connectivity index (χ4v) is 5.67. The lowest BCUT2D eigenvalue weighted by Gasteiger charge is -2.26. The highest BCUT2D eigenvalue weighted by Gasteiger charge is 2.14. The molecule has 0 spiro atoms. The van der Waals surface area contributed by atoms with Gasteiger partial charge in [-0.25, -0.2) is 0 Å². The van der Waals surface area contributed by atoms with Gasteiger partial charge >= 0.3 is 0 Å². The molecule has 4 heteroatoms. The maximum Gasteiger partial charge on any atom is 0.115 e. The molecule has 7 aromatic carbocycles. The van der Waals surface area contributed by atoms with Crippen LogP contribution in [0, 0.1) is 0 Å². The zero-order chi connectivity index (χ0) is 31.5. The van der Waals surface area contributed by atoms with Gasteiger partial charge in [0.2, 0.25) is 0 Å². The minimum atomic E-state index is 0.249. The van der Waals surface area contributed by atoms with Gasteiger partial charge in [0.05, 0.1) is 0 Å². The molecule has 3 N–H and O–H groups in total. The molecule has 0 saturated heterocycles. The van der Waals surface area contributed by atoms with E-state index < -0.39 is 0 Å². The van der Waals surface area contributed by atoms with E-state index in [1.807, 2.05) is 36.4 Å². The Hall–Kier alpha value is -6.26. The maximum atomic E-state index is 9.71. The van der Waals surface area contributed by atoms with Gasteiger partial charge in [-0.05, 0) is 117 Å². The van der Waals surface area contributed by atoms with Gasteiger partial charge in [0, 0.05) is 17.1 Å². The molecule has 222 valence electrons. The molecule has 0 heterocycles. The van der Waals surface area contributed by atoms with Crippen LogP contribution in [0.1, 0.15) is 0 Å². The summed E-state index contributed by atoms with van der Waals surface area (Å²) in [4.78, 5) is 2.24. The monoisotopic (exact) mass is 597 g/mol. The molecule has 46 heavy (non-hydrogen) atoms. The molecule has 0 radical (unpaired) electrons. The molecular formula is C42H31NO3. The predicted molar refractivity (Wildman–Crippen MR) is 188 cm³/mol. The summed E-state index contributed by atoms with van der Waals surface area (Å²) in [7, 11) is 0. The van der Waals surface area contributed by atoms with Crippen molar-refractivity contribution < 1.29 is 15.3 Å². The first-order valence-electron chi connectivity index (χ1n) is 15.1. The Morgan fingerprint density at radius 1 is 0.217 bits per heavy atom. The van der Waals surface area contributed by atoms with E-state index >= 15 is 0 Å². The minimum absolute atomic E-state index is 0.249. The number of nitrogens with zero attached hydrogens (tertiary/aromatic N) is 1. The van der Waals surface area contributed by atoms with Crippen LogP contribution in [0.25, 0.3) is 44.5 Å². The number of aromatic hydroxyl groups is 3. The largest absolute Gasteiger partial charge is 0.508 e. The normalized spacial score (nSPS) is 10.9. The van der Waals surface area contributed by atoms with E-state index in [1.54, 1.807) is 36.4 Å². The highest BCUT2D eigenvalue weighted by Crippen LogP contribution is 2.38. The second-order valence-corrected chi connectivity index (χ2v) is 11.2. The average molecular weight is 598 g/mol. The number of phenolic OH excluding ortho intramolecular Hbond substituents is 3. The van der Waals surface area contributed by atoms with Crippen LogP contribution in [0.2, 0.25) is 0 Å². The van der Waals surface area contributed by atoms with E-state index in [1.165, 1.54) is 0 Å². The molecular weight excluding hydrogens is 566 g/mol. The van der Waals surface area contributed by atoms with Gasteiger partial charge in [-0.15, -0.1) is 0 Å². The van der Waals surface area contributed by atoms with Crippen molar-refractivity contribution in [2.24, 2.45) is 0 Å². The number of hydrogen-bond donors (Lipinski definition) is 3. The standard InChI is InChI=1S/C42H31NO3/c44-40-23-11-34(12-24-40)30-3-1-29(2-4-30)31-5-17-37(18-6-31)43(38-19-7-32(8-20-38)35-13-25-41(45)26-14-35)39-21-9-33(10-22-39)36-15-27-42(46)28-16-36/h1-28,44-46H. The van der Waals surface area contributed by atoms with E-state index in [0.717, 1.165) is 61.6 Å². The zero-order valence-electron chi connectivity index (χ0n) is 25.0. The number of rotatable bonds is 7. The number of hydrogen-bond acceptors (Lipinski definition) is 4. The molecule has 4 nitrogen and oxygen atoms in total. The summed E-state index contributed by atoms with van der Waals surface area (Å²) < 4.78 is 0. The SMILES string of the molecule is Oc1ccc(-c2ccc(-c3ccc(N(c4ccc(-c5ccc(O)cc5)cc4)c4ccc(-c5ccc(O)cc5)cc4)cc3)cc2)cc1. The smallest absolute Gasteiger partial charge is 0.115 e. The summed E-state index contributed by atoms with van der Waals surface area (Å²) in [6.07, 6.45) is 0. The fourth-order valence-electron chi connectivity index (χ4n) is 5.67. The molecule has 0 amide bonds. The molecule has 7 aromatic rings. The van der Waals surface area contributed by atoms with Gasteiger partial charge < -0.3 is 20.2 Å². The Bertz CT molecular complexity index is 1960. The van der Waals surface area contributed by atoms with Gasteiger partial charge in [0.1, 0.15) is 17.2 Å². The molecule has 0 aliphatic rings. The van der Waals surface area contributed by atoms with Gasteiger partial charge in [-0.1, -0.05) is 97.1 Å². The third kappa shape index (κ3) is 6.05. The van der Waals surface area contributed by atoms with Crippen LogP contribution in [-0.4, -0.2) is 15.3 Å². The number of anilines is 3. The second kappa shape index (κ2) is 12.4. The van der Waals surface area contributed by atoms with E-state index in [-0.39, 0.29) is 17.2 Å². The number of phenols is 3. The molecule has 0 unspecified atom stereocenters. The van der Waals surface area contributed by atoms with Crippen molar-refractivity contribution in [3.8, 4) is 61.8 Å². The third-order valence-electron chi connectivity index (χ3n) is 8.20. The highest BCUT2D eigenvalue weighted by atomic mass is 16.3. The van der Waals surface area contributed by atoms with Crippen LogP contribution in [0.4, 0.5) is 17.1 Å². The van der Waals surface area contributed by atoms with Gasteiger partial charge in [0.25, 0.3) is 0 Å². The van der Waals surface area contributed by atoms with Crippen molar-refractivity contribution in [3.63, 3.8) is 0 Å². The average Bonchev–Trinajstić information content (AvgIpc) is 3.11. The second-order valence-electron chi connectivity index (χ2n) is 11.2. The number of benzene rings is 7. The van der Waals surface area contributed by atoms with Gasteiger partial charge in [0.15, 0.2) is 0 Å². The van der Waals surface area contributed by atoms with Crippen molar-refractivity contribution in [3.05, 3.63) is 170 Å². The first-order valence-corrected chi connectivity index (χ1v) is 15.1. The summed E-state index contributed by atoms with van der Waals surface area (Å²) in [5, 5.41) is 29.0. The Labute approximate surface area is 268 Å². The van der Waals surface area contributed by atoms with E-state index in [0.29, 0.717) is 0 Å². The lowest BCUT2D eigenvalue weighted by molar-refractivity contribution is 0.475. The molecule has 0 saturated carbocycles. The van der Waals surface area contributed by atoms with Crippen molar-refractivity contribution >= 4 is 17.1 Å². The third-order valence-corrected chi connectivity index (χ3v) is 8.20. The van der Waals surface area contributed by atoms with Crippen molar-refractivity contribution in [2.45, 2.75) is 0 Å². The molecule has 0 fully saturated rings. The van der Waals surface area contributed by atoms with Crippen molar-refractivity contribution in [1.82, 2.24) is 0 Å². The molecule has 0 atom stereocenters. The topological polar surface area (TPSA) is 63.9 Å². The predicted octanol–water partition coefficient (Wildman–Crippen LogP) is 10.9. The molecule has 0 aromatic heterocycles. The van der Waals surface area contributed by atoms with Gasteiger partial charge in [-0.2, -0.15) is 0 Å². The van der Waals surface area contributed by atoms with Crippen LogP contribution < -0.4 is 4.90 Å². The Balaban J connectivity index is 1.21. The Morgan fingerprint density at radius 3 is 0.565 bits per heavy atom. The van der Waals surface area contributed by atoms with Crippen LogP contribution in [0.15, 0.2) is 170 Å². The fraction of sp³-hybridized carbons (Fsp3) is 0. The maximum absolute atomic E-state index is 9.71. The quantitative estimate of drug-likeness (QED) is 0.171. The Morgan fingerprint density at radius 2 is 0.370 bits per heavy atom. The van der Waals surface area contributed by atoms with Crippen molar-refractivity contribution in [1.29, 1.82) is 0 Å². The van der Waals surface area contributed by atoms with Crippen LogP contribution >= 0.6 is 0 Å². The molecule has 0 aliphatic heterocycles. The van der Waals surface area contributed by atoms with E-state index in [9.17, 15) is 15.3 Å². The highest BCUT2D eigenvalue weighted by molar-refractivity contribution is 5.81. The van der Waals surface area contributed by atoms with Crippen molar-refractivity contribution in [2.75, 3.05) is 4.90 Å². The summed E-state index contributed by atoms with van der Waals surface area (Å²) in [6, 6.07) is 55.6. The Kier molecular flexibility index (Phi) is 7.68. The summed E-state index contributed by atoms with van der Waals surface area (Å²) >= 11 is 0. The van der Waals surface area contributed by atoms with Gasteiger partial charge in [-0.3, -0.25) is 0 Å². The van der Waals surface area contributed by atoms with E-state index in [4.69, 9.17) is 0 Å². The molecule has 0 bridgehead atoms. The van der Waals surface area contributed by atoms with Crippen LogP contribution in [0.5, 0.6) is 17.2 Å². The minimum Gasteiger partial charge on any atom is -0.508 e. The zero-order valence-corrected chi connectivity index (χ0v) is 25.0. The first-order chi connectivity index (χ1) is 22.5. The van der Waals surface area contributed by atoms with E-state index in [2.05, 4.69) is 102 Å². The molecule has 7 rings (SSSR count). The summed E-state index contributed by atoms with van der Waals surface area (Å²) in [5.41, 5.74) is 11.7. The summed E-state index contributed by atoms with van der Waals surface area (Å²) in [5.74, 6) is 0.758.